The number of hydrogen-bond acceptors (Lipinski definition) is 5. The van der Waals surface area contributed by atoms with Gasteiger partial charge < -0.3 is 9.64 Å². The van der Waals surface area contributed by atoms with Gasteiger partial charge in [-0.3, -0.25) is 0 Å². The molecule has 0 saturated heterocycles. The molecular formula is C17H21BrN2O3S. The molecule has 0 aliphatic carbocycles. The van der Waals surface area contributed by atoms with Crippen LogP contribution in [0.1, 0.15) is 12.0 Å². The summed E-state index contributed by atoms with van der Waals surface area (Å²) in [6.07, 6.45) is 3.81. The molecule has 0 spiro atoms. The van der Waals surface area contributed by atoms with Gasteiger partial charge >= 0.3 is 0 Å². The zero-order chi connectivity index (χ0) is 17.7. The number of sulfone groups is 1. The average Bonchev–Trinajstić information content (AvgIpc) is 2.53. The highest BCUT2D eigenvalue weighted by Gasteiger charge is 2.09. The maximum Gasteiger partial charge on any atom is 0.175 e. The molecule has 0 amide bonds. The molecule has 2 rings (SSSR count). The van der Waals surface area contributed by atoms with Gasteiger partial charge in [-0.1, -0.05) is 0 Å². The molecule has 0 bridgehead atoms. The van der Waals surface area contributed by atoms with Crippen molar-refractivity contribution in [3.63, 3.8) is 0 Å². The van der Waals surface area contributed by atoms with E-state index in [0.717, 1.165) is 28.8 Å². The average molecular weight is 413 g/mol. The van der Waals surface area contributed by atoms with Crippen LogP contribution in [-0.2, 0) is 9.84 Å². The van der Waals surface area contributed by atoms with E-state index in [1.165, 1.54) is 6.26 Å². The number of aromatic nitrogens is 1. The second kappa shape index (κ2) is 7.98. The summed E-state index contributed by atoms with van der Waals surface area (Å²) in [5.74, 6) is 1.58. The lowest BCUT2D eigenvalue weighted by Gasteiger charge is -2.20. The van der Waals surface area contributed by atoms with Gasteiger partial charge in [-0.05, 0) is 65.2 Å². The van der Waals surface area contributed by atoms with Crippen LogP contribution in [-0.4, -0.2) is 39.9 Å². The highest BCUT2D eigenvalue weighted by atomic mass is 79.9. The lowest BCUT2D eigenvalue weighted by Crippen LogP contribution is -2.22. The molecule has 0 unspecified atom stereocenters. The Kier molecular flexibility index (Phi) is 6.23. The van der Waals surface area contributed by atoms with Gasteiger partial charge in [0.25, 0.3) is 0 Å². The maximum absolute atomic E-state index is 11.4. The van der Waals surface area contributed by atoms with Gasteiger partial charge in [0, 0.05) is 26.0 Å². The Morgan fingerprint density at radius 3 is 2.50 bits per heavy atom. The van der Waals surface area contributed by atoms with E-state index < -0.39 is 9.84 Å². The molecule has 1 aromatic carbocycles. The summed E-state index contributed by atoms with van der Waals surface area (Å²) in [4.78, 5) is 6.76. The fourth-order valence-corrected chi connectivity index (χ4v) is 3.34. The molecule has 0 saturated carbocycles. The minimum Gasteiger partial charge on any atom is -0.494 e. The molecule has 1 aromatic heterocycles. The first-order chi connectivity index (χ1) is 11.3. The lowest BCUT2D eigenvalue weighted by atomic mass is 10.3. The van der Waals surface area contributed by atoms with Crippen molar-refractivity contribution in [3.05, 3.63) is 46.6 Å². The van der Waals surface area contributed by atoms with Gasteiger partial charge in [0.1, 0.15) is 11.6 Å². The molecule has 0 fully saturated rings. The standard InChI is InChI=1S/C17H21BrN2O3S/c1-13-9-10-19-17(16(13)18)20(2)11-4-12-23-14-5-7-15(8-6-14)24(3,21)22/h5-10H,4,11-12H2,1-3H3. The number of benzene rings is 1. The molecule has 1 heterocycles. The molecule has 0 radical (unpaired) electrons. The fourth-order valence-electron chi connectivity index (χ4n) is 2.17. The van der Waals surface area contributed by atoms with E-state index in [-0.39, 0.29) is 0 Å². The number of pyridine rings is 1. The first-order valence-corrected chi connectivity index (χ1v) is 10.2. The van der Waals surface area contributed by atoms with E-state index in [1.54, 1.807) is 30.5 Å². The summed E-state index contributed by atoms with van der Waals surface area (Å²) in [6.45, 7) is 3.38. The summed E-state index contributed by atoms with van der Waals surface area (Å²) in [5, 5.41) is 0. The van der Waals surface area contributed by atoms with Gasteiger partial charge in [-0.25, -0.2) is 13.4 Å². The van der Waals surface area contributed by atoms with Crippen LogP contribution in [0.25, 0.3) is 0 Å². The first kappa shape index (κ1) is 18.7. The number of nitrogens with zero attached hydrogens (tertiary/aromatic N) is 2. The van der Waals surface area contributed by atoms with Crippen LogP contribution in [0.2, 0.25) is 0 Å². The zero-order valence-corrected chi connectivity index (χ0v) is 16.4. The summed E-state index contributed by atoms with van der Waals surface area (Å²) < 4.78 is 29.5. The predicted molar refractivity (Wildman–Crippen MR) is 99.6 cm³/mol. The van der Waals surface area contributed by atoms with Crippen molar-refractivity contribution in [3.8, 4) is 5.75 Å². The van der Waals surface area contributed by atoms with E-state index in [9.17, 15) is 8.42 Å². The SMILES string of the molecule is Cc1ccnc(N(C)CCCOc2ccc(S(C)(=O)=O)cc2)c1Br. The van der Waals surface area contributed by atoms with Crippen LogP contribution in [0.4, 0.5) is 5.82 Å². The molecule has 7 heteroatoms. The van der Waals surface area contributed by atoms with Gasteiger partial charge in [0.15, 0.2) is 9.84 Å². The number of hydrogen-bond donors (Lipinski definition) is 0. The highest BCUT2D eigenvalue weighted by Crippen LogP contribution is 2.26. The van der Waals surface area contributed by atoms with Crippen LogP contribution in [0.3, 0.4) is 0 Å². The third-order valence-electron chi connectivity index (χ3n) is 3.58. The Morgan fingerprint density at radius 1 is 1.21 bits per heavy atom. The number of ether oxygens (including phenoxy) is 1. The second-order valence-electron chi connectivity index (χ2n) is 5.63. The molecule has 0 aliphatic rings. The fraction of sp³-hybridized carbons (Fsp3) is 0.353. The normalized spacial score (nSPS) is 11.3. The molecule has 24 heavy (non-hydrogen) atoms. The highest BCUT2D eigenvalue weighted by molar-refractivity contribution is 9.10. The maximum atomic E-state index is 11.4. The second-order valence-corrected chi connectivity index (χ2v) is 8.44. The summed E-state index contributed by atoms with van der Waals surface area (Å²) >= 11 is 3.56. The van der Waals surface area contributed by atoms with Crippen LogP contribution in [0, 0.1) is 6.92 Å². The lowest BCUT2D eigenvalue weighted by molar-refractivity contribution is 0.312. The molecule has 0 N–H and O–H groups in total. The number of aryl methyl sites for hydroxylation is 1. The van der Waals surface area contributed by atoms with Crippen molar-refractivity contribution in [2.75, 3.05) is 31.4 Å². The van der Waals surface area contributed by atoms with E-state index in [1.807, 2.05) is 20.0 Å². The van der Waals surface area contributed by atoms with Crippen molar-refractivity contribution in [1.29, 1.82) is 0 Å². The van der Waals surface area contributed by atoms with Crippen molar-refractivity contribution in [2.45, 2.75) is 18.2 Å². The van der Waals surface area contributed by atoms with Crippen molar-refractivity contribution in [1.82, 2.24) is 4.98 Å². The van der Waals surface area contributed by atoms with Gasteiger partial charge in [-0.2, -0.15) is 0 Å². The first-order valence-electron chi connectivity index (χ1n) is 7.54. The third kappa shape index (κ3) is 4.95. The quantitative estimate of drug-likeness (QED) is 0.651. The van der Waals surface area contributed by atoms with E-state index in [2.05, 4.69) is 25.8 Å². The molecule has 0 atom stereocenters. The predicted octanol–water partition coefficient (Wildman–Crippen LogP) is 3.46. The minimum absolute atomic E-state index is 0.296. The zero-order valence-electron chi connectivity index (χ0n) is 14.0. The molecule has 130 valence electrons. The van der Waals surface area contributed by atoms with Crippen LogP contribution >= 0.6 is 15.9 Å². The number of anilines is 1. The van der Waals surface area contributed by atoms with Crippen molar-refractivity contribution < 1.29 is 13.2 Å². The topological polar surface area (TPSA) is 59.5 Å². The Balaban J connectivity index is 1.83. The smallest absolute Gasteiger partial charge is 0.175 e. The van der Waals surface area contributed by atoms with Crippen LogP contribution < -0.4 is 9.64 Å². The van der Waals surface area contributed by atoms with E-state index >= 15 is 0 Å². The van der Waals surface area contributed by atoms with E-state index in [4.69, 9.17) is 4.74 Å². The summed E-state index contributed by atoms with van der Waals surface area (Å²) in [7, 11) is -1.17. The van der Waals surface area contributed by atoms with Crippen LogP contribution in [0.5, 0.6) is 5.75 Å². The van der Waals surface area contributed by atoms with Gasteiger partial charge in [0.05, 0.1) is 16.0 Å². The Hall–Kier alpha value is -1.60. The third-order valence-corrected chi connectivity index (χ3v) is 5.69. The monoisotopic (exact) mass is 412 g/mol. The van der Waals surface area contributed by atoms with Gasteiger partial charge in [0.2, 0.25) is 0 Å². The molecule has 0 aliphatic heterocycles. The van der Waals surface area contributed by atoms with Crippen LogP contribution in [0.15, 0.2) is 45.9 Å². The minimum atomic E-state index is -3.17. The van der Waals surface area contributed by atoms with Gasteiger partial charge in [-0.15, -0.1) is 0 Å². The summed E-state index contributed by atoms with van der Waals surface area (Å²) in [5.41, 5.74) is 1.15. The summed E-state index contributed by atoms with van der Waals surface area (Å²) in [6, 6.07) is 8.44. The van der Waals surface area contributed by atoms with Crippen molar-refractivity contribution in [2.24, 2.45) is 0 Å². The Bertz CT molecular complexity index is 792. The van der Waals surface area contributed by atoms with E-state index in [0.29, 0.717) is 17.3 Å². The molecule has 2 aromatic rings. The number of halogens is 1. The number of rotatable bonds is 7. The largest absolute Gasteiger partial charge is 0.494 e. The Morgan fingerprint density at radius 2 is 1.88 bits per heavy atom. The Labute approximate surface area is 151 Å². The molecular weight excluding hydrogens is 392 g/mol. The van der Waals surface area contributed by atoms with Crippen molar-refractivity contribution >= 4 is 31.6 Å². The molecule has 5 nitrogen and oxygen atoms in total.